The molecule has 144 valence electrons. The number of hydrogen-bond donors (Lipinski definition) is 2. The lowest BCUT2D eigenvalue weighted by Gasteiger charge is -2.53. The standard InChI is InChI=1S/C21H25N7/c1-27-5-4-18-19(12-27)25-21(28-16-7-17(28)11-23-10-16)26-20(18)24-15-3-2-13-8-22-9-14(13)6-15/h2-3,6,9,16-17,23H,4-5,7-8,10-12H2,1H3,(H,24,25,26). The summed E-state index contributed by atoms with van der Waals surface area (Å²) < 4.78 is 0. The van der Waals surface area contributed by atoms with Gasteiger partial charge in [-0.3, -0.25) is 4.99 Å². The maximum absolute atomic E-state index is 5.03. The van der Waals surface area contributed by atoms with Gasteiger partial charge in [-0.2, -0.15) is 4.98 Å². The molecule has 7 heteroatoms. The molecular formula is C21H25N7. The quantitative estimate of drug-likeness (QED) is 0.851. The molecule has 0 spiro atoms. The van der Waals surface area contributed by atoms with Crippen LogP contribution in [0.2, 0.25) is 0 Å². The van der Waals surface area contributed by atoms with Crippen molar-refractivity contribution in [2.45, 2.75) is 38.0 Å². The number of nitrogens with one attached hydrogen (secondary N) is 2. The predicted molar refractivity (Wildman–Crippen MR) is 111 cm³/mol. The van der Waals surface area contributed by atoms with Crippen molar-refractivity contribution >= 4 is 23.7 Å². The Balaban J connectivity index is 1.39. The number of anilines is 3. The number of likely N-dealkylation sites (N-methyl/N-ethyl adjacent to an activating group) is 1. The second kappa shape index (κ2) is 6.25. The maximum atomic E-state index is 5.03. The number of piperazine rings is 1. The van der Waals surface area contributed by atoms with Crippen molar-refractivity contribution in [1.29, 1.82) is 0 Å². The lowest BCUT2D eigenvalue weighted by atomic mass is 9.89. The van der Waals surface area contributed by atoms with Gasteiger partial charge in [-0.25, -0.2) is 4.98 Å². The monoisotopic (exact) mass is 375 g/mol. The fraction of sp³-hybridized carbons (Fsp3) is 0.476. The molecule has 0 saturated carbocycles. The zero-order valence-electron chi connectivity index (χ0n) is 16.1. The normalized spacial score (nSPS) is 25.2. The Morgan fingerprint density at radius 1 is 1.18 bits per heavy atom. The van der Waals surface area contributed by atoms with Crippen LogP contribution in [0.1, 0.15) is 28.8 Å². The number of aliphatic imine (C=N–C) groups is 1. The molecule has 0 amide bonds. The Morgan fingerprint density at radius 3 is 2.93 bits per heavy atom. The minimum absolute atomic E-state index is 0.530. The van der Waals surface area contributed by atoms with E-state index in [0.29, 0.717) is 12.1 Å². The minimum Gasteiger partial charge on any atom is -0.340 e. The van der Waals surface area contributed by atoms with Crippen LogP contribution in [0.5, 0.6) is 0 Å². The van der Waals surface area contributed by atoms with Gasteiger partial charge in [0, 0.05) is 55.7 Å². The van der Waals surface area contributed by atoms with E-state index >= 15 is 0 Å². The molecule has 0 aliphatic carbocycles. The number of nitrogens with zero attached hydrogens (tertiary/aromatic N) is 5. The Morgan fingerprint density at radius 2 is 2.07 bits per heavy atom. The van der Waals surface area contributed by atoms with Gasteiger partial charge < -0.3 is 20.4 Å². The first-order valence-corrected chi connectivity index (χ1v) is 10.2. The summed E-state index contributed by atoms with van der Waals surface area (Å²) in [7, 11) is 2.17. The molecule has 2 unspecified atom stereocenters. The lowest BCUT2D eigenvalue weighted by molar-refractivity contribution is 0.256. The molecule has 1 aromatic carbocycles. The molecule has 0 radical (unpaired) electrons. The van der Waals surface area contributed by atoms with E-state index in [4.69, 9.17) is 9.97 Å². The van der Waals surface area contributed by atoms with Crippen LogP contribution in [-0.4, -0.2) is 59.8 Å². The van der Waals surface area contributed by atoms with Gasteiger partial charge in [0.2, 0.25) is 5.95 Å². The van der Waals surface area contributed by atoms with E-state index < -0.39 is 0 Å². The van der Waals surface area contributed by atoms with Crippen molar-refractivity contribution in [2.75, 3.05) is 36.9 Å². The number of fused-ring (bicyclic) bond motifs is 4. The average molecular weight is 375 g/mol. The Kier molecular flexibility index (Phi) is 3.67. The second-order valence-corrected chi connectivity index (χ2v) is 8.40. The number of aromatic nitrogens is 2. The van der Waals surface area contributed by atoms with E-state index in [0.717, 1.165) is 56.6 Å². The number of rotatable bonds is 3. The minimum atomic E-state index is 0.530. The zero-order valence-corrected chi connectivity index (χ0v) is 16.1. The summed E-state index contributed by atoms with van der Waals surface area (Å²) in [6, 6.07) is 7.54. The van der Waals surface area contributed by atoms with Crippen LogP contribution < -0.4 is 15.5 Å². The summed E-state index contributed by atoms with van der Waals surface area (Å²) in [5.41, 5.74) is 6.00. The fourth-order valence-electron chi connectivity index (χ4n) is 4.89. The third-order valence-electron chi connectivity index (χ3n) is 6.47. The first-order chi connectivity index (χ1) is 13.7. The van der Waals surface area contributed by atoms with Crippen LogP contribution in [0, 0.1) is 0 Å². The third-order valence-corrected chi connectivity index (χ3v) is 6.47. The fourth-order valence-corrected chi connectivity index (χ4v) is 4.89. The van der Waals surface area contributed by atoms with Crippen molar-refractivity contribution in [2.24, 2.45) is 4.99 Å². The van der Waals surface area contributed by atoms with Crippen LogP contribution in [0.15, 0.2) is 23.2 Å². The summed E-state index contributed by atoms with van der Waals surface area (Å²) in [4.78, 5) is 19.2. The molecular weight excluding hydrogens is 350 g/mol. The highest BCUT2D eigenvalue weighted by atomic mass is 15.4. The van der Waals surface area contributed by atoms with E-state index in [2.05, 4.69) is 50.7 Å². The number of piperidine rings is 1. The summed E-state index contributed by atoms with van der Waals surface area (Å²) in [6.45, 7) is 4.78. The third kappa shape index (κ3) is 2.61. The van der Waals surface area contributed by atoms with E-state index in [9.17, 15) is 0 Å². The Hall–Kier alpha value is -2.51. The van der Waals surface area contributed by atoms with Gasteiger partial charge in [0.1, 0.15) is 5.82 Å². The highest BCUT2D eigenvalue weighted by Gasteiger charge is 2.43. The lowest BCUT2D eigenvalue weighted by Crippen LogP contribution is -2.68. The highest BCUT2D eigenvalue weighted by molar-refractivity contribution is 5.86. The zero-order chi connectivity index (χ0) is 18.7. The topological polar surface area (TPSA) is 68.7 Å². The summed E-state index contributed by atoms with van der Waals surface area (Å²) in [6.07, 6.45) is 4.19. The molecule has 2 fully saturated rings. The van der Waals surface area contributed by atoms with Crippen molar-refractivity contribution < 1.29 is 0 Å². The van der Waals surface area contributed by atoms with E-state index in [-0.39, 0.29) is 0 Å². The van der Waals surface area contributed by atoms with E-state index in [1.165, 1.54) is 28.8 Å². The van der Waals surface area contributed by atoms with Crippen LogP contribution in [0.4, 0.5) is 17.5 Å². The van der Waals surface area contributed by atoms with Crippen molar-refractivity contribution in [3.8, 4) is 0 Å². The average Bonchev–Trinajstić information content (AvgIpc) is 3.16. The molecule has 5 heterocycles. The second-order valence-electron chi connectivity index (χ2n) is 8.40. The van der Waals surface area contributed by atoms with E-state index in [1.54, 1.807) is 0 Å². The van der Waals surface area contributed by atoms with Crippen LogP contribution in [0.25, 0.3) is 0 Å². The maximum Gasteiger partial charge on any atom is 0.228 e. The molecule has 4 aliphatic rings. The van der Waals surface area contributed by atoms with Crippen molar-refractivity contribution in [1.82, 2.24) is 20.2 Å². The Labute approximate surface area is 164 Å². The number of hydrogen-bond acceptors (Lipinski definition) is 7. The van der Waals surface area contributed by atoms with Gasteiger partial charge in [-0.15, -0.1) is 0 Å². The summed E-state index contributed by atoms with van der Waals surface area (Å²) in [5.74, 6) is 1.86. The van der Waals surface area contributed by atoms with Gasteiger partial charge in [-0.05, 0) is 43.1 Å². The molecule has 6 rings (SSSR count). The number of benzene rings is 1. The largest absolute Gasteiger partial charge is 0.340 e. The highest BCUT2D eigenvalue weighted by Crippen LogP contribution is 2.35. The summed E-state index contributed by atoms with van der Waals surface area (Å²) in [5, 5.41) is 7.11. The molecule has 2 saturated heterocycles. The van der Waals surface area contributed by atoms with Crippen LogP contribution in [-0.2, 0) is 19.5 Å². The molecule has 4 aliphatic heterocycles. The molecule has 2 N–H and O–H groups in total. The molecule has 2 bridgehead atoms. The van der Waals surface area contributed by atoms with Gasteiger partial charge in [0.25, 0.3) is 0 Å². The molecule has 2 aromatic rings. The van der Waals surface area contributed by atoms with Gasteiger partial charge in [0.15, 0.2) is 0 Å². The van der Waals surface area contributed by atoms with Gasteiger partial charge >= 0.3 is 0 Å². The SMILES string of the molecule is CN1CCc2c(nc(N3C4CNCC3C4)nc2Nc2ccc3c(c2)C=NC3)C1. The molecule has 2 atom stereocenters. The molecule has 1 aromatic heterocycles. The van der Waals surface area contributed by atoms with Crippen molar-refractivity contribution in [3.05, 3.63) is 40.6 Å². The first kappa shape index (κ1) is 16.4. The predicted octanol–water partition coefficient (Wildman–Crippen LogP) is 1.69. The van der Waals surface area contributed by atoms with Crippen LogP contribution >= 0.6 is 0 Å². The van der Waals surface area contributed by atoms with Gasteiger partial charge in [-0.1, -0.05) is 6.07 Å². The first-order valence-electron chi connectivity index (χ1n) is 10.2. The van der Waals surface area contributed by atoms with Crippen molar-refractivity contribution in [3.63, 3.8) is 0 Å². The molecule has 28 heavy (non-hydrogen) atoms. The van der Waals surface area contributed by atoms with Crippen LogP contribution in [0.3, 0.4) is 0 Å². The summed E-state index contributed by atoms with van der Waals surface area (Å²) >= 11 is 0. The molecule has 7 nitrogen and oxygen atoms in total. The smallest absolute Gasteiger partial charge is 0.228 e. The van der Waals surface area contributed by atoms with Gasteiger partial charge in [0.05, 0.1) is 12.2 Å². The Bertz CT molecular complexity index is 955. The van der Waals surface area contributed by atoms with E-state index in [1.807, 2.05) is 6.21 Å².